The summed E-state index contributed by atoms with van der Waals surface area (Å²) in [5, 5.41) is 2.96. The monoisotopic (exact) mass is 532 g/mol. The highest BCUT2D eigenvalue weighted by atomic mass is 16.2. The van der Waals surface area contributed by atoms with Crippen molar-refractivity contribution in [2.45, 2.75) is 84.1 Å². The van der Waals surface area contributed by atoms with Gasteiger partial charge in [0.25, 0.3) is 5.91 Å². The first-order valence-corrected chi connectivity index (χ1v) is 14.6. The van der Waals surface area contributed by atoms with Gasteiger partial charge in [-0.15, -0.1) is 0 Å². The summed E-state index contributed by atoms with van der Waals surface area (Å²) in [6.45, 7) is 7.74. The summed E-state index contributed by atoms with van der Waals surface area (Å²) < 4.78 is 0. The van der Waals surface area contributed by atoms with E-state index >= 15 is 0 Å². The molecule has 7 heteroatoms. The standard InChI is InChI=1S/C32H44N4O3/c1-4-5-6-7-8-12-15-30(38)34-20-18-32(19-21-34)31(39)35(24-36(32)28-13-10-9-11-14-28)23-29(37)33-27-17-16-25(2)26(3)22-27/h9-11,13-14,16-17,22H,4-8,12,15,18-21,23-24H2,1-3H3,(H,33,37). The van der Waals surface area contributed by atoms with Crippen LogP contribution in [0.4, 0.5) is 11.4 Å². The topological polar surface area (TPSA) is 73.0 Å². The lowest BCUT2D eigenvalue weighted by Gasteiger charge is -2.43. The average Bonchev–Trinajstić information content (AvgIpc) is 3.19. The van der Waals surface area contributed by atoms with Crippen molar-refractivity contribution in [1.82, 2.24) is 9.80 Å². The van der Waals surface area contributed by atoms with Gasteiger partial charge < -0.3 is 20.0 Å². The van der Waals surface area contributed by atoms with E-state index in [1.807, 2.05) is 67.3 Å². The number of amides is 3. The van der Waals surface area contributed by atoms with Crippen LogP contribution in [-0.4, -0.2) is 59.4 Å². The molecule has 0 aliphatic carbocycles. The number of piperidine rings is 1. The molecule has 0 aromatic heterocycles. The second kappa shape index (κ2) is 13.1. The van der Waals surface area contributed by atoms with Gasteiger partial charge in [0, 0.05) is 30.9 Å². The van der Waals surface area contributed by atoms with Crippen molar-refractivity contribution in [3.63, 3.8) is 0 Å². The molecule has 0 atom stereocenters. The lowest BCUT2D eigenvalue weighted by atomic mass is 9.85. The van der Waals surface area contributed by atoms with Gasteiger partial charge in [-0.3, -0.25) is 14.4 Å². The molecule has 0 saturated carbocycles. The van der Waals surface area contributed by atoms with Gasteiger partial charge in [0.1, 0.15) is 12.1 Å². The molecule has 3 amide bonds. The van der Waals surface area contributed by atoms with Crippen molar-refractivity contribution in [2.75, 3.05) is 36.5 Å². The molecule has 2 saturated heterocycles. The molecule has 1 N–H and O–H groups in total. The fraction of sp³-hybridized carbons (Fsp3) is 0.531. The maximum Gasteiger partial charge on any atom is 0.250 e. The molecule has 1 spiro atoms. The van der Waals surface area contributed by atoms with Gasteiger partial charge in [-0.05, 0) is 68.5 Å². The minimum atomic E-state index is -0.737. The van der Waals surface area contributed by atoms with Gasteiger partial charge in [0.15, 0.2) is 0 Å². The molecule has 0 bridgehead atoms. The SMILES string of the molecule is CCCCCCCCC(=O)N1CCC2(CC1)C(=O)N(CC(=O)Nc1ccc(C)c(C)c1)CN2c1ccccc1. The first kappa shape index (κ1) is 28.7. The number of anilines is 2. The van der Waals surface area contributed by atoms with E-state index in [0.29, 0.717) is 39.0 Å². The van der Waals surface area contributed by atoms with Crippen LogP contribution >= 0.6 is 0 Å². The molecule has 2 heterocycles. The van der Waals surface area contributed by atoms with E-state index in [4.69, 9.17) is 0 Å². The smallest absolute Gasteiger partial charge is 0.250 e. The van der Waals surface area contributed by atoms with E-state index in [9.17, 15) is 14.4 Å². The lowest BCUT2D eigenvalue weighted by molar-refractivity contribution is -0.139. The van der Waals surface area contributed by atoms with Crippen molar-refractivity contribution in [3.8, 4) is 0 Å². The van der Waals surface area contributed by atoms with Crippen LogP contribution in [0.5, 0.6) is 0 Å². The van der Waals surface area contributed by atoms with E-state index in [2.05, 4.69) is 17.1 Å². The van der Waals surface area contributed by atoms with Crippen molar-refractivity contribution in [3.05, 3.63) is 59.7 Å². The average molecular weight is 533 g/mol. The summed E-state index contributed by atoms with van der Waals surface area (Å²) in [7, 11) is 0. The molecular weight excluding hydrogens is 488 g/mol. The van der Waals surface area contributed by atoms with Crippen LogP contribution in [0.2, 0.25) is 0 Å². The molecule has 7 nitrogen and oxygen atoms in total. The highest BCUT2D eigenvalue weighted by Crippen LogP contribution is 2.39. The minimum Gasteiger partial charge on any atom is -0.342 e. The number of para-hydroxylation sites is 1. The number of hydrogen-bond donors (Lipinski definition) is 1. The van der Waals surface area contributed by atoms with Crippen LogP contribution in [0, 0.1) is 13.8 Å². The molecule has 2 aliphatic rings. The van der Waals surface area contributed by atoms with Gasteiger partial charge in [0.2, 0.25) is 11.8 Å². The van der Waals surface area contributed by atoms with Gasteiger partial charge in [0.05, 0.1) is 6.67 Å². The maximum absolute atomic E-state index is 13.9. The zero-order valence-corrected chi connectivity index (χ0v) is 23.9. The molecule has 2 fully saturated rings. The van der Waals surface area contributed by atoms with E-state index in [1.165, 1.54) is 31.2 Å². The predicted octanol–water partition coefficient (Wildman–Crippen LogP) is 5.66. The summed E-state index contributed by atoms with van der Waals surface area (Å²) >= 11 is 0. The van der Waals surface area contributed by atoms with Crippen molar-refractivity contribution >= 4 is 29.1 Å². The quantitative estimate of drug-likeness (QED) is 0.379. The van der Waals surface area contributed by atoms with Gasteiger partial charge in [-0.1, -0.05) is 63.3 Å². The third kappa shape index (κ3) is 6.81. The molecule has 0 unspecified atom stereocenters. The second-order valence-corrected chi connectivity index (χ2v) is 11.2. The number of nitrogens with one attached hydrogen (secondary N) is 1. The van der Waals surface area contributed by atoms with Crippen LogP contribution in [0.3, 0.4) is 0 Å². The Labute approximate surface area is 233 Å². The van der Waals surface area contributed by atoms with Crippen LogP contribution in [0.15, 0.2) is 48.5 Å². The zero-order valence-electron chi connectivity index (χ0n) is 23.9. The summed E-state index contributed by atoms with van der Waals surface area (Å²) in [5.74, 6) is -0.0329. The Morgan fingerprint density at radius 3 is 2.28 bits per heavy atom. The largest absolute Gasteiger partial charge is 0.342 e. The number of unbranched alkanes of at least 4 members (excludes halogenated alkanes) is 5. The summed E-state index contributed by atoms with van der Waals surface area (Å²) in [5.41, 5.74) is 3.24. The lowest BCUT2D eigenvalue weighted by Crippen LogP contribution is -2.57. The first-order chi connectivity index (χ1) is 18.8. The van der Waals surface area contributed by atoms with E-state index in [0.717, 1.165) is 29.8 Å². The molecule has 0 radical (unpaired) electrons. The number of hydrogen-bond acceptors (Lipinski definition) is 4. The van der Waals surface area contributed by atoms with Crippen molar-refractivity contribution < 1.29 is 14.4 Å². The number of benzene rings is 2. The number of carbonyl (C=O) groups is 3. The van der Waals surface area contributed by atoms with Crippen molar-refractivity contribution in [1.29, 1.82) is 0 Å². The van der Waals surface area contributed by atoms with Gasteiger partial charge in [-0.25, -0.2) is 0 Å². The third-order valence-corrected chi connectivity index (χ3v) is 8.39. The number of nitrogens with zero attached hydrogens (tertiary/aromatic N) is 3. The number of aryl methyl sites for hydroxylation is 2. The Morgan fingerprint density at radius 1 is 0.897 bits per heavy atom. The number of likely N-dealkylation sites (tertiary alicyclic amines) is 1. The highest BCUT2D eigenvalue weighted by molar-refractivity contribution is 5.99. The molecule has 39 heavy (non-hydrogen) atoms. The fourth-order valence-corrected chi connectivity index (χ4v) is 5.86. The molecule has 210 valence electrons. The van der Waals surface area contributed by atoms with Crippen molar-refractivity contribution in [2.24, 2.45) is 0 Å². The van der Waals surface area contributed by atoms with E-state index < -0.39 is 5.54 Å². The third-order valence-electron chi connectivity index (χ3n) is 8.39. The number of rotatable bonds is 11. The summed E-state index contributed by atoms with van der Waals surface area (Å²) in [6, 6.07) is 15.8. The zero-order chi connectivity index (χ0) is 27.8. The normalized spacial score (nSPS) is 16.7. The van der Waals surface area contributed by atoms with Crippen LogP contribution in [-0.2, 0) is 14.4 Å². The second-order valence-electron chi connectivity index (χ2n) is 11.2. The van der Waals surface area contributed by atoms with Gasteiger partial charge in [-0.2, -0.15) is 0 Å². The molecule has 2 aliphatic heterocycles. The number of carbonyl (C=O) groups excluding carboxylic acids is 3. The highest BCUT2D eigenvalue weighted by Gasteiger charge is 2.54. The fourth-order valence-electron chi connectivity index (χ4n) is 5.86. The molecule has 4 rings (SSSR count). The van der Waals surface area contributed by atoms with Crippen LogP contribution in [0.25, 0.3) is 0 Å². The Kier molecular flexibility index (Phi) is 9.65. The Hall–Kier alpha value is -3.35. The van der Waals surface area contributed by atoms with Crippen LogP contribution in [0.1, 0.15) is 75.8 Å². The first-order valence-electron chi connectivity index (χ1n) is 14.6. The van der Waals surface area contributed by atoms with Crippen LogP contribution < -0.4 is 10.2 Å². The molecule has 2 aromatic carbocycles. The molecular formula is C32H44N4O3. The Bertz CT molecular complexity index is 1140. The van der Waals surface area contributed by atoms with E-state index in [1.54, 1.807) is 4.90 Å². The molecule has 2 aromatic rings. The summed E-state index contributed by atoms with van der Waals surface area (Å²) in [6.07, 6.45) is 8.67. The Balaban J connectivity index is 1.40. The van der Waals surface area contributed by atoms with Gasteiger partial charge >= 0.3 is 0 Å². The van der Waals surface area contributed by atoms with E-state index in [-0.39, 0.29) is 24.3 Å². The Morgan fingerprint density at radius 2 is 1.59 bits per heavy atom. The predicted molar refractivity (Wildman–Crippen MR) is 157 cm³/mol. The minimum absolute atomic E-state index is 0.00246. The summed E-state index contributed by atoms with van der Waals surface area (Å²) in [4.78, 5) is 45.6. The maximum atomic E-state index is 13.9.